The van der Waals surface area contributed by atoms with E-state index < -0.39 is 17.6 Å². The van der Waals surface area contributed by atoms with Gasteiger partial charge in [-0.25, -0.2) is 4.79 Å². The topological polar surface area (TPSA) is 95.9 Å². The number of fused-ring (bicyclic) bond motifs is 3. The second-order valence-corrected chi connectivity index (χ2v) is 9.07. The molecule has 33 heavy (non-hydrogen) atoms. The van der Waals surface area contributed by atoms with Gasteiger partial charge in [-0.1, -0.05) is 61.4 Å². The molecule has 0 unspecified atom stereocenters. The van der Waals surface area contributed by atoms with Crippen molar-refractivity contribution in [3.8, 4) is 11.1 Å². The molecule has 7 nitrogen and oxygen atoms in total. The van der Waals surface area contributed by atoms with E-state index in [4.69, 9.17) is 9.84 Å². The number of hydrogen-bond donors (Lipinski definition) is 2. The normalized spacial score (nSPS) is 16.0. The maximum absolute atomic E-state index is 12.8. The first-order valence-corrected chi connectivity index (χ1v) is 11.5. The Kier molecular flexibility index (Phi) is 6.67. The van der Waals surface area contributed by atoms with Crippen molar-refractivity contribution in [2.45, 2.75) is 50.0 Å². The third-order valence-electron chi connectivity index (χ3n) is 6.85. The van der Waals surface area contributed by atoms with Crippen LogP contribution >= 0.6 is 0 Å². The molecule has 2 N–H and O–H groups in total. The van der Waals surface area contributed by atoms with Crippen LogP contribution in [0.3, 0.4) is 0 Å². The van der Waals surface area contributed by atoms with E-state index in [9.17, 15) is 14.4 Å². The summed E-state index contributed by atoms with van der Waals surface area (Å²) in [5.74, 6) is -1.13. The minimum absolute atomic E-state index is 0.0218. The van der Waals surface area contributed by atoms with Crippen LogP contribution in [0, 0.1) is 0 Å². The van der Waals surface area contributed by atoms with E-state index in [0.717, 1.165) is 24.0 Å². The minimum Gasteiger partial charge on any atom is -0.481 e. The Morgan fingerprint density at radius 1 is 1.03 bits per heavy atom. The van der Waals surface area contributed by atoms with Crippen LogP contribution in [0.1, 0.15) is 55.6 Å². The molecular weight excluding hydrogens is 420 g/mol. The zero-order valence-corrected chi connectivity index (χ0v) is 18.9. The van der Waals surface area contributed by atoms with Crippen molar-refractivity contribution >= 4 is 18.0 Å². The van der Waals surface area contributed by atoms with Crippen LogP contribution in [-0.4, -0.2) is 53.7 Å². The summed E-state index contributed by atoms with van der Waals surface area (Å²) >= 11 is 0. The average molecular weight is 451 g/mol. The Morgan fingerprint density at radius 2 is 1.61 bits per heavy atom. The van der Waals surface area contributed by atoms with E-state index in [-0.39, 0.29) is 37.8 Å². The fraction of sp³-hybridized carbons (Fsp3) is 0.423. The van der Waals surface area contributed by atoms with Gasteiger partial charge in [0.2, 0.25) is 5.91 Å². The lowest BCUT2D eigenvalue weighted by atomic mass is 9.92. The fourth-order valence-corrected chi connectivity index (χ4v) is 5.06. The van der Waals surface area contributed by atoms with Crippen molar-refractivity contribution in [3.63, 3.8) is 0 Å². The molecule has 2 aromatic rings. The first-order valence-electron chi connectivity index (χ1n) is 11.5. The Labute approximate surface area is 193 Å². The van der Waals surface area contributed by atoms with Crippen LogP contribution in [0.2, 0.25) is 0 Å². The van der Waals surface area contributed by atoms with Gasteiger partial charge in [0.15, 0.2) is 0 Å². The SMILES string of the molecule is CN(CCC(=O)O)C(=O)CC1(NC(=O)OCC2c3ccccc3-c3ccccc32)CCCC1. The first-order chi connectivity index (χ1) is 15.9. The maximum atomic E-state index is 12.8. The molecule has 2 aliphatic carbocycles. The standard InChI is InChI=1S/C26H30N2O5/c1-28(15-12-24(30)31)23(29)16-26(13-6-7-14-26)27-25(32)33-17-22-20-10-4-2-8-18(20)19-9-3-5-11-21(19)22/h2-5,8-11,22H,6-7,12-17H2,1H3,(H,27,32)(H,30,31). The third-order valence-corrected chi connectivity index (χ3v) is 6.85. The van der Waals surface area contributed by atoms with Crippen LogP contribution in [0.25, 0.3) is 11.1 Å². The van der Waals surface area contributed by atoms with Gasteiger partial charge in [-0.15, -0.1) is 0 Å². The molecule has 2 amide bonds. The monoisotopic (exact) mass is 450 g/mol. The molecule has 0 spiro atoms. The van der Waals surface area contributed by atoms with Crippen molar-refractivity contribution in [1.29, 1.82) is 0 Å². The molecule has 7 heteroatoms. The second kappa shape index (κ2) is 9.65. The highest BCUT2D eigenvalue weighted by atomic mass is 16.5. The lowest BCUT2D eigenvalue weighted by Crippen LogP contribution is -2.50. The molecule has 0 saturated heterocycles. The van der Waals surface area contributed by atoms with Gasteiger partial charge >= 0.3 is 12.1 Å². The number of ether oxygens (including phenoxy) is 1. The van der Waals surface area contributed by atoms with Crippen molar-refractivity contribution in [2.75, 3.05) is 20.2 Å². The number of benzene rings is 2. The van der Waals surface area contributed by atoms with Crippen LogP contribution in [0.4, 0.5) is 4.79 Å². The molecule has 0 aliphatic heterocycles. The molecule has 174 valence electrons. The van der Waals surface area contributed by atoms with E-state index in [1.165, 1.54) is 16.0 Å². The van der Waals surface area contributed by atoms with Gasteiger partial charge in [0.25, 0.3) is 0 Å². The van der Waals surface area contributed by atoms with Gasteiger partial charge in [0, 0.05) is 19.5 Å². The van der Waals surface area contributed by atoms with E-state index in [0.29, 0.717) is 12.8 Å². The summed E-state index contributed by atoms with van der Waals surface area (Å²) in [6.45, 7) is 0.373. The molecule has 1 fully saturated rings. The van der Waals surface area contributed by atoms with Crippen molar-refractivity contribution in [2.24, 2.45) is 0 Å². The summed E-state index contributed by atoms with van der Waals surface area (Å²) in [4.78, 5) is 37.7. The average Bonchev–Trinajstić information content (AvgIpc) is 3.38. The second-order valence-electron chi connectivity index (χ2n) is 9.07. The highest BCUT2D eigenvalue weighted by Gasteiger charge is 2.39. The largest absolute Gasteiger partial charge is 0.481 e. The van der Waals surface area contributed by atoms with Gasteiger partial charge in [0.1, 0.15) is 6.61 Å². The molecule has 1 saturated carbocycles. The molecule has 4 rings (SSSR count). The molecular formula is C26H30N2O5. The smallest absolute Gasteiger partial charge is 0.407 e. The van der Waals surface area contributed by atoms with E-state index in [1.807, 2.05) is 24.3 Å². The summed E-state index contributed by atoms with van der Waals surface area (Å²) in [6.07, 6.45) is 2.79. The molecule has 0 bridgehead atoms. The number of alkyl carbamates (subject to hydrolysis) is 1. The number of hydrogen-bond acceptors (Lipinski definition) is 4. The lowest BCUT2D eigenvalue weighted by molar-refractivity contribution is -0.138. The number of carboxylic acids is 1. The van der Waals surface area contributed by atoms with Crippen LogP contribution in [0.5, 0.6) is 0 Å². The summed E-state index contributed by atoms with van der Waals surface area (Å²) in [5, 5.41) is 11.8. The summed E-state index contributed by atoms with van der Waals surface area (Å²) in [6, 6.07) is 16.4. The Hall–Kier alpha value is -3.35. The highest BCUT2D eigenvalue weighted by Crippen LogP contribution is 2.44. The van der Waals surface area contributed by atoms with Crippen molar-refractivity contribution in [3.05, 3.63) is 59.7 Å². The quantitative estimate of drug-likeness (QED) is 0.630. The zero-order valence-electron chi connectivity index (χ0n) is 18.9. The molecule has 0 heterocycles. The Balaban J connectivity index is 1.39. The highest BCUT2D eigenvalue weighted by molar-refractivity contribution is 5.80. The van der Waals surface area contributed by atoms with Crippen molar-refractivity contribution < 1.29 is 24.2 Å². The number of nitrogens with one attached hydrogen (secondary N) is 1. The molecule has 0 aromatic heterocycles. The number of rotatable bonds is 8. The Bertz CT molecular complexity index is 999. The molecule has 0 atom stereocenters. The van der Waals surface area contributed by atoms with Crippen LogP contribution in [-0.2, 0) is 14.3 Å². The summed E-state index contributed by atoms with van der Waals surface area (Å²) < 4.78 is 5.69. The number of carbonyl (C=O) groups excluding carboxylic acids is 2. The van der Waals surface area contributed by atoms with Gasteiger partial charge in [-0.2, -0.15) is 0 Å². The number of aliphatic carboxylic acids is 1. The van der Waals surface area contributed by atoms with Gasteiger partial charge in [-0.3, -0.25) is 9.59 Å². The maximum Gasteiger partial charge on any atom is 0.407 e. The van der Waals surface area contributed by atoms with Crippen LogP contribution < -0.4 is 5.32 Å². The molecule has 2 aromatic carbocycles. The third kappa shape index (κ3) is 5.02. The van der Waals surface area contributed by atoms with Gasteiger partial charge in [0.05, 0.1) is 18.4 Å². The molecule has 0 radical (unpaired) electrons. The number of nitrogens with zero attached hydrogens (tertiary/aromatic N) is 1. The predicted octanol–water partition coefficient (Wildman–Crippen LogP) is 4.16. The Morgan fingerprint density at radius 3 is 2.18 bits per heavy atom. The number of carbonyl (C=O) groups is 3. The predicted molar refractivity (Wildman–Crippen MR) is 124 cm³/mol. The number of carboxylic acid groups (broad SMARTS) is 1. The van der Waals surface area contributed by atoms with E-state index in [2.05, 4.69) is 29.6 Å². The van der Waals surface area contributed by atoms with E-state index >= 15 is 0 Å². The van der Waals surface area contributed by atoms with E-state index in [1.54, 1.807) is 7.05 Å². The van der Waals surface area contributed by atoms with Crippen molar-refractivity contribution in [1.82, 2.24) is 10.2 Å². The summed E-state index contributed by atoms with van der Waals surface area (Å²) in [7, 11) is 1.60. The number of amides is 2. The molecule has 2 aliphatic rings. The van der Waals surface area contributed by atoms with Gasteiger partial charge < -0.3 is 20.1 Å². The zero-order chi connectivity index (χ0) is 23.4. The summed E-state index contributed by atoms with van der Waals surface area (Å²) in [5.41, 5.74) is 4.00. The first kappa shape index (κ1) is 22.8. The fourth-order valence-electron chi connectivity index (χ4n) is 5.06. The lowest BCUT2D eigenvalue weighted by Gasteiger charge is -2.31. The minimum atomic E-state index is -0.943. The van der Waals surface area contributed by atoms with Gasteiger partial charge in [-0.05, 0) is 35.1 Å². The van der Waals surface area contributed by atoms with Crippen LogP contribution in [0.15, 0.2) is 48.5 Å².